The topological polar surface area (TPSA) is 70.7 Å². The number of carbonyl (C=O) groups excluding carboxylic acids is 1. The smallest absolute Gasteiger partial charge is 0.225 e. The first kappa shape index (κ1) is 16.8. The molecule has 1 aromatic carbocycles. The van der Waals surface area contributed by atoms with Crippen molar-refractivity contribution >= 4 is 11.7 Å². The number of rotatable bonds is 5. The van der Waals surface area contributed by atoms with Crippen LogP contribution in [-0.4, -0.2) is 21.1 Å². The number of benzene rings is 1. The lowest BCUT2D eigenvalue weighted by Crippen LogP contribution is -2.13. The minimum atomic E-state index is -0.651. The maximum absolute atomic E-state index is 13.2. The van der Waals surface area contributed by atoms with Gasteiger partial charge in [-0.3, -0.25) is 14.9 Å². The molecule has 128 valence electrons. The highest BCUT2D eigenvalue weighted by atomic mass is 19.1. The Bertz CT molecular complexity index is 873. The fourth-order valence-electron chi connectivity index (χ4n) is 2.53. The van der Waals surface area contributed by atoms with Crippen molar-refractivity contribution in [3.63, 3.8) is 0 Å². The van der Waals surface area contributed by atoms with Gasteiger partial charge in [0.2, 0.25) is 5.91 Å². The number of hydrogen-bond donors (Lipinski definition) is 2. The minimum absolute atomic E-state index is 0.103. The molecule has 0 unspecified atom stereocenters. The van der Waals surface area contributed by atoms with E-state index in [0.29, 0.717) is 11.4 Å². The number of amides is 1. The van der Waals surface area contributed by atoms with E-state index in [-0.39, 0.29) is 18.7 Å². The summed E-state index contributed by atoms with van der Waals surface area (Å²) in [7, 11) is 0. The number of anilines is 1. The van der Waals surface area contributed by atoms with Crippen molar-refractivity contribution in [2.45, 2.75) is 19.8 Å². The number of aromatic amines is 1. The van der Waals surface area contributed by atoms with Crippen molar-refractivity contribution in [2.24, 2.45) is 0 Å². The normalized spacial score (nSPS) is 10.7. The molecule has 7 heteroatoms. The summed E-state index contributed by atoms with van der Waals surface area (Å²) in [6.07, 6.45) is 3.68. The van der Waals surface area contributed by atoms with E-state index in [4.69, 9.17) is 0 Å². The van der Waals surface area contributed by atoms with Gasteiger partial charge in [-0.15, -0.1) is 0 Å². The fraction of sp³-hybridized carbons (Fsp3) is 0.167. The van der Waals surface area contributed by atoms with Crippen LogP contribution in [0.25, 0.3) is 11.3 Å². The summed E-state index contributed by atoms with van der Waals surface area (Å²) >= 11 is 0. The van der Waals surface area contributed by atoms with Crippen molar-refractivity contribution in [1.82, 2.24) is 15.2 Å². The summed E-state index contributed by atoms with van der Waals surface area (Å²) < 4.78 is 26.3. The zero-order valence-electron chi connectivity index (χ0n) is 13.5. The van der Waals surface area contributed by atoms with E-state index in [2.05, 4.69) is 20.5 Å². The molecule has 1 amide bonds. The Kier molecular flexibility index (Phi) is 4.83. The third-order valence-electron chi connectivity index (χ3n) is 3.79. The zero-order valence-corrected chi connectivity index (χ0v) is 13.5. The number of nitrogens with one attached hydrogen (secondary N) is 2. The van der Waals surface area contributed by atoms with Gasteiger partial charge in [-0.05, 0) is 43.2 Å². The Morgan fingerprint density at radius 1 is 1.16 bits per heavy atom. The van der Waals surface area contributed by atoms with Crippen LogP contribution in [0.3, 0.4) is 0 Å². The van der Waals surface area contributed by atoms with Gasteiger partial charge in [-0.1, -0.05) is 0 Å². The van der Waals surface area contributed by atoms with Gasteiger partial charge >= 0.3 is 0 Å². The molecule has 0 aliphatic rings. The Morgan fingerprint density at radius 2 is 1.84 bits per heavy atom. The Labute approximate surface area is 143 Å². The zero-order chi connectivity index (χ0) is 17.8. The maximum Gasteiger partial charge on any atom is 0.225 e. The molecule has 25 heavy (non-hydrogen) atoms. The van der Waals surface area contributed by atoms with E-state index >= 15 is 0 Å². The van der Waals surface area contributed by atoms with Crippen molar-refractivity contribution < 1.29 is 13.6 Å². The molecular formula is C18H16F2N4O. The molecule has 3 aromatic rings. The predicted molar refractivity (Wildman–Crippen MR) is 89.9 cm³/mol. The number of aryl methyl sites for hydroxylation is 1. The van der Waals surface area contributed by atoms with Crippen molar-refractivity contribution in [3.8, 4) is 11.3 Å². The van der Waals surface area contributed by atoms with Gasteiger partial charge in [0.15, 0.2) is 0 Å². The van der Waals surface area contributed by atoms with Crippen LogP contribution >= 0.6 is 0 Å². The number of carbonyl (C=O) groups is 1. The summed E-state index contributed by atoms with van der Waals surface area (Å²) in [6, 6.07) is 6.90. The fourth-order valence-corrected chi connectivity index (χ4v) is 2.53. The van der Waals surface area contributed by atoms with Crippen LogP contribution in [0.5, 0.6) is 0 Å². The van der Waals surface area contributed by atoms with E-state index in [9.17, 15) is 13.6 Å². The van der Waals surface area contributed by atoms with Gasteiger partial charge in [-0.2, -0.15) is 5.10 Å². The second kappa shape index (κ2) is 7.21. The van der Waals surface area contributed by atoms with Crippen molar-refractivity contribution in [1.29, 1.82) is 0 Å². The summed E-state index contributed by atoms with van der Waals surface area (Å²) in [5.41, 5.74) is 2.85. The number of aromatic nitrogens is 3. The highest BCUT2D eigenvalue weighted by Crippen LogP contribution is 2.25. The van der Waals surface area contributed by atoms with Crippen LogP contribution in [-0.2, 0) is 11.2 Å². The summed E-state index contributed by atoms with van der Waals surface area (Å²) in [5, 5.41) is 9.75. The monoisotopic (exact) mass is 342 g/mol. The summed E-state index contributed by atoms with van der Waals surface area (Å²) in [4.78, 5) is 16.1. The standard InChI is InChI=1S/C18H16F2N4O/c1-11-17(13-4-6-21-7-5-13)23-24-18(11)22-16(25)3-2-12-8-14(19)10-15(20)9-12/h4-10H,2-3H2,1H3,(H2,22,23,24,25). The highest BCUT2D eigenvalue weighted by Gasteiger charge is 2.13. The number of pyridine rings is 1. The summed E-state index contributed by atoms with van der Waals surface area (Å²) in [5.74, 6) is -1.07. The largest absolute Gasteiger partial charge is 0.311 e. The average Bonchev–Trinajstić information content (AvgIpc) is 2.94. The minimum Gasteiger partial charge on any atom is -0.311 e. The molecule has 0 spiro atoms. The van der Waals surface area contributed by atoms with Gasteiger partial charge in [-0.25, -0.2) is 8.78 Å². The molecule has 0 saturated heterocycles. The molecule has 5 nitrogen and oxygen atoms in total. The van der Waals surface area contributed by atoms with Gasteiger partial charge < -0.3 is 5.32 Å². The second-order valence-electron chi connectivity index (χ2n) is 5.63. The van der Waals surface area contributed by atoms with Gasteiger partial charge in [0.05, 0.1) is 5.69 Å². The average molecular weight is 342 g/mol. The number of hydrogen-bond acceptors (Lipinski definition) is 3. The number of H-pyrrole nitrogens is 1. The van der Waals surface area contributed by atoms with Gasteiger partial charge in [0, 0.05) is 36.0 Å². The molecule has 0 fully saturated rings. The number of nitrogens with zero attached hydrogens (tertiary/aromatic N) is 2. The molecule has 0 radical (unpaired) electrons. The van der Waals surface area contributed by atoms with Crippen LogP contribution in [0.4, 0.5) is 14.6 Å². The van der Waals surface area contributed by atoms with Crippen LogP contribution in [0, 0.1) is 18.6 Å². The first-order chi connectivity index (χ1) is 12.0. The Balaban J connectivity index is 1.64. The molecule has 0 bridgehead atoms. The molecule has 0 aliphatic heterocycles. The van der Waals surface area contributed by atoms with Crippen LogP contribution < -0.4 is 5.32 Å². The first-order valence-corrected chi connectivity index (χ1v) is 7.73. The van der Waals surface area contributed by atoms with Crippen LogP contribution in [0.15, 0.2) is 42.7 Å². The molecule has 3 rings (SSSR count). The van der Waals surface area contributed by atoms with E-state index in [1.54, 1.807) is 12.4 Å². The van der Waals surface area contributed by atoms with E-state index in [1.165, 1.54) is 12.1 Å². The van der Waals surface area contributed by atoms with Crippen molar-refractivity contribution in [2.75, 3.05) is 5.32 Å². The number of halogens is 2. The van der Waals surface area contributed by atoms with Crippen molar-refractivity contribution in [3.05, 3.63) is 65.5 Å². The molecular weight excluding hydrogens is 326 g/mol. The quantitative estimate of drug-likeness (QED) is 0.744. The van der Waals surface area contributed by atoms with Crippen LogP contribution in [0.1, 0.15) is 17.5 Å². The SMILES string of the molecule is Cc1c(-c2ccncc2)n[nH]c1NC(=O)CCc1cc(F)cc(F)c1. The first-order valence-electron chi connectivity index (χ1n) is 7.73. The van der Waals surface area contributed by atoms with E-state index < -0.39 is 11.6 Å². The van der Waals surface area contributed by atoms with E-state index in [0.717, 1.165) is 22.9 Å². The predicted octanol–water partition coefficient (Wildman–Crippen LogP) is 3.63. The Hall–Kier alpha value is -3.09. The van der Waals surface area contributed by atoms with Gasteiger partial charge in [0.1, 0.15) is 17.5 Å². The molecule has 2 heterocycles. The third-order valence-corrected chi connectivity index (χ3v) is 3.79. The molecule has 0 aliphatic carbocycles. The molecule has 0 atom stereocenters. The molecule has 2 N–H and O–H groups in total. The second-order valence-corrected chi connectivity index (χ2v) is 5.63. The third kappa shape index (κ3) is 4.06. The van der Waals surface area contributed by atoms with Gasteiger partial charge in [0.25, 0.3) is 0 Å². The van der Waals surface area contributed by atoms with E-state index in [1.807, 2.05) is 19.1 Å². The lowest BCUT2D eigenvalue weighted by Gasteiger charge is -2.05. The lowest BCUT2D eigenvalue weighted by atomic mass is 10.1. The lowest BCUT2D eigenvalue weighted by molar-refractivity contribution is -0.116. The maximum atomic E-state index is 13.2. The van der Waals surface area contributed by atoms with Crippen LogP contribution in [0.2, 0.25) is 0 Å². The Morgan fingerprint density at radius 3 is 2.52 bits per heavy atom. The summed E-state index contributed by atoms with van der Waals surface area (Å²) in [6.45, 7) is 1.84. The molecule has 0 saturated carbocycles. The highest BCUT2D eigenvalue weighted by molar-refractivity contribution is 5.91. The molecule has 2 aromatic heterocycles.